The molecular weight excluding hydrogens is 532 g/mol. The van der Waals surface area contributed by atoms with Crippen LogP contribution in [0, 0.1) is 0 Å². The summed E-state index contributed by atoms with van der Waals surface area (Å²) in [6, 6.07) is 1.28. The molecule has 6 N–H and O–H groups in total. The van der Waals surface area contributed by atoms with Crippen LogP contribution in [0.25, 0.3) is 0 Å². The summed E-state index contributed by atoms with van der Waals surface area (Å²) in [5, 5.41) is 30.3. The van der Waals surface area contributed by atoms with Gasteiger partial charge in [-0.3, -0.25) is 9.69 Å². The third-order valence-corrected chi connectivity index (χ3v) is 6.77. The molecule has 0 bridgehead atoms. The van der Waals surface area contributed by atoms with Gasteiger partial charge in [0.25, 0.3) is 5.91 Å². The molecule has 1 aromatic carbocycles. The van der Waals surface area contributed by atoms with Crippen LogP contribution in [0.5, 0.6) is 5.75 Å². The summed E-state index contributed by atoms with van der Waals surface area (Å²) in [4.78, 5) is 37.6. The van der Waals surface area contributed by atoms with Crippen molar-refractivity contribution in [3.05, 3.63) is 22.2 Å². The van der Waals surface area contributed by atoms with Crippen molar-refractivity contribution in [3.63, 3.8) is 0 Å². The molecule has 0 radical (unpaired) electrons. The lowest BCUT2D eigenvalue weighted by Crippen LogP contribution is -2.50. The first-order valence-electron chi connectivity index (χ1n) is 12.0. The molecule has 0 aromatic heterocycles. The van der Waals surface area contributed by atoms with Crippen LogP contribution in [0.15, 0.2) is 6.07 Å². The fourth-order valence-electron chi connectivity index (χ4n) is 4.43. The molecule has 14 heteroatoms. The first-order valence-corrected chi connectivity index (χ1v) is 12.4. The fraction of sp³-hybridized carbons (Fsp3) is 0.625. The SMILES string of the molecule is CC(C)(F)CN1CCC(F)(CNC(=O)c2cc(Cl)c(N)c3c2OCC(OC(=O)C(O)C(O)C(=O)O)C3)CC1. The summed E-state index contributed by atoms with van der Waals surface area (Å²) in [5.41, 5.74) is 3.25. The molecule has 2 aliphatic rings. The van der Waals surface area contributed by atoms with Gasteiger partial charge in [0, 0.05) is 31.6 Å². The number of carboxylic acid groups (broad SMARTS) is 1. The van der Waals surface area contributed by atoms with E-state index in [1.54, 1.807) is 0 Å². The van der Waals surface area contributed by atoms with Crippen LogP contribution in [0.3, 0.4) is 0 Å². The molecule has 38 heavy (non-hydrogen) atoms. The van der Waals surface area contributed by atoms with Crippen molar-refractivity contribution in [1.82, 2.24) is 10.2 Å². The largest absolute Gasteiger partial charge is 0.489 e. The van der Waals surface area contributed by atoms with Crippen LogP contribution in [0.2, 0.25) is 5.02 Å². The second-order valence-electron chi connectivity index (χ2n) is 10.3. The first-order chi connectivity index (χ1) is 17.6. The normalized spacial score (nSPS) is 21.0. The van der Waals surface area contributed by atoms with E-state index < -0.39 is 47.5 Å². The number of hydrogen-bond acceptors (Lipinski definition) is 9. The molecule has 0 saturated carbocycles. The first kappa shape index (κ1) is 29.8. The highest BCUT2D eigenvalue weighted by molar-refractivity contribution is 6.33. The third-order valence-electron chi connectivity index (χ3n) is 6.46. The molecule has 3 unspecified atom stereocenters. The van der Waals surface area contributed by atoms with Crippen molar-refractivity contribution in [2.24, 2.45) is 0 Å². The standard InChI is InChI=1S/C24H32ClF2N3O8/c1-23(2,26)11-30-5-3-24(27,4-6-30)10-29-20(33)14-8-15(25)16(28)13-7-12(9-37-19(13)14)38-22(36)18(32)17(31)21(34)35/h8,12,17-18,31-32H,3-7,9-11,28H2,1-2H3,(H,29,33)(H,34,35). The second kappa shape index (κ2) is 11.6. The summed E-state index contributed by atoms with van der Waals surface area (Å²) in [6.45, 7) is 3.27. The number of nitrogens with zero attached hydrogens (tertiary/aromatic N) is 1. The van der Waals surface area contributed by atoms with Gasteiger partial charge in [-0.2, -0.15) is 0 Å². The zero-order chi connectivity index (χ0) is 28.4. The molecule has 1 amide bonds. The van der Waals surface area contributed by atoms with Gasteiger partial charge in [-0.05, 0) is 32.8 Å². The Morgan fingerprint density at radius 1 is 1.32 bits per heavy atom. The van der Waals surface area contributed by atoms with Gasteiger partial charge in [-0.1, -0.05) is 11.6 Å². The van der Waals surface area contributed by atoms with Crippen LogP contribution < -0.4 is 15.8 Å². The van der Waals surface area contributed by atoms with Crippen LogP contribution in [-0.2, 0) is 20.7 Å². The fourth-order valence-corrected chi connectivity index (χ4v) is 4.65. The van der Waals surface area contributed by atoms with Gasteiger partial charge in [-0.25, -0.2) is 18.4 Å². The van der Waals surface area contributed by atoms with Gasteiger partial charge in [0.15, 0.2) is 12.2 Å². The molecule has 1 aromatic rings. The van der Waals surface area contributed by atoms with Crippen LogP contribution in [0.4, 0.5) is 14.5 Å². The molecule has 0 spiro atoms. The molecule has 2 heterocycles. The molecule has 11 nitrogen and oxygen atoms in total. The van der Waals surface area contributed by atoms with E-state index in [-0.39, 0.29) is 66.5 Å². The maximum absolute atomic E-state index is 15.3. The number of rotatable bonds is 9. The third kappa shape index (κ3) is 7.22. The highest BCUT2D eigenvalue weighted by Gasteiger charge is 2.38. The summed E-state index contributed by atoms with van der Waals surface area (Å²) < 4.78 is 39.9. The number of carbonyl (C=O) groups excluding carboxylic acids is 2. The van der Waals surface area contributed by atoms with Gasteiger partial charge in [-0.15, -0.1) is 0 Å². The Kier molecular flexibility index (Phi) is 9.07. The van der Waals surface area contributed by atoms with Crippen molar-refractivity contribution >= 4 is 35.1 Å². The van der Waals surface area contributed by atoms with Gasteiger partial charge < -0.3 is 35.8 Å². The number of piperidine rings is 1. The van der Waals surface area contributed by atoms with E-state index in [1.165, 1.54) is 19.9 Å². The minimum Gasteiger partial charge on any atom is -0.489 e. The Morgan fingerprint density at radius 2 is 1.95 bits per heavy atom. The van der Waals surface area contributed by atoms with E-state index in [0.29, 0.717) is 13.1 Å². The molecule has 2 aliphatic heterocycles. The summed E-state index contributed by atoms with van der Waals surface area (Å²) >= 11 is 6.20. The Labute approximate surface area is 222 Å². The predicted octanol–water partition coefficient (Wildman–Crippen LogP) is 0.857. The summed E-state index contributed by atoms with van der Waals surface area (Å²) in [6.07, 6.45) is -5.58. The number of alkyl halides is 2. The summed E-state index contributed by atoms with van der Waals surface area (Å²) in [7, 11) is 0. The number of nitrogens with two attached hydrogens (primary N) is 1. The highest BCUT2D eigenvalue weighted by Crippen LogP contribution is 2.39. The Morgan fingerprint density at radius 3 is 2.53 bits per heavy atom. The average molecular weight is 564 g/mol. The number of fused-ring (bicyclic) bond motifs is 1. The van der Waals surface area contributed by atoms with Crippen molar-refractivity contribution in [3.8, 4) is 5.75 Å². The van der Waals surface area contributed by atoms with Gasteiger partial charge in [0.05, 0.1) is 22.8 Å². The van der Waals surface area contributed by atoms with Crippen LogP contribution in [0.1, 0.15) is 42.6 Å². The molecular formula is C24H32ClF2N3O8. The van der Waals surface area contributed by atoms with Crippen molar-refractivity contribution in [1.29, 1.82) is 0 Å². The number of amides is 1. The monoisotopic (exact) mass is 563 g/mol. The van der Waals surface area contributed by atoms with Crippen LogP contribution in [-0.4, -0.2) is 101 Å². The predicted molar refractivity (Wildman–Crippen MR) is 132 cm³/mol. The average Bonchev–Trinajstić information content (AvgIpc) is 2.84. The van der Waals surface area contributed by atoms with E-state index in [4.69, 9.17) is 31.9 Å². The minimum atomic E-state index is -2.38. The van der Waals surface area contributed by atoms with Gasteiger partial charge >= 0.3 is 11.9 Å². The number of hydrogen-bond donors (Lipinski definition) is 5. The number of carboxylic acids is 1. The topological polar surface area (TPSA) is 172 Å². The number of halogens is 3. The lowest BCUT2D eigenvalue weighted by atomic mass is 9.92. The number of aliphatic hydroxyl groups is 2. The molecule has 1 saturated heterocycles. The number of esters is 1. The Balaban J connectivity index is 1.66. The smallest absolute Gasteiger partial charge is 0.338 e. The summed E-state index contributed by atoms with van der Waals surface area (Å²) in [5.74, 6) is -3.79. The molecule has 3 atom stereocenters. The number of carbonyl (C=O) groups is 3. The zero-order valence-electron chi connectivity index (χ0n) is 21.0. The van der Waals surface area contributed by atoms with Crippen LogP contribution >= 0.6 is 11.6 Å². The maximum atomic E-state index is 15.3. The Bertz CT molecular complexity index is 1080. The van der Waals surface area contributed by atoms with Gasteiger partial charge in [0.2, 0.25) is 0 Å². The molecule has 212 valence electrons. The van der Waals surface area contributed by atoms with E-state index in [1.807, 2.05) is 4.90 Å². The second-order valence-corrected chi connectivity index (χ2v) is 10.7. The van der Waals surface area contributed by atoms with Crippen molar-refractivity contribution in [2.45, 2.75) is 62.8 Å². The molecule has 0 aliphatic carbocycles. The lowest BCUT2D eigenvalue weighted by Gasteiger charge is -2.38. The van der Waals surface area contributed by atoms with Crippen molar-refractivity contribution in [2.75, 3.05) is 38.5 Å². The number of benzene rings is 1. The molecule has 1 fully saturated rings. The zero-order valence-corrected chi connectivity index (χ0v) is 21.8. The number of ether oxygens (including phenoxy) is 2. The van der Waals surface area contributed by atoms with E-state index in [9.17, 15) is 29.0 Å². The number of aliphatic carboxylic acids is 1. The maximum Gasteiger partial charge on any atom is 0.338 e. The molecule has 3 rings (SSSR count). The number of nitrogen functional groups attached to an aromatic ring is 1. The number of aliphatic hydroxyl groups excluding tert-OH is 2. The number of anilines is 1. The van der Waals surface area contributed by atoms with E-state index in [2.05, 4.69) is 5.32 Å². The number of likely N-dealkylation sites (tertiary alicyclic amines) is 1. The van der Waals surface area contributed by atoms with Gasteiger partial charge in [0.1, 0.15) is 29.8 Å². The minimum absolute atomic E-state index is 0.00270. The quantitative estimate of drug-likeness (QED) is 0.214. The van der Waals surface area contributed by atoms with E-state index in [0.717, 1.165) is 0 Å². The highest BCUT2D eigenvalue weighted by atomic mass is 35.5. The van der Waals surface area contributed by atoms with E-state index >= 15 is 4.39 Å². The number of nitrogens with one attached hydrogen (secondary N) is 1. The lowest BCUT2D eigenvalue weighted by molar-refractivity contribution is -0.174. The Hall–Kier alpha value is -2.74. The van der Waals surface area contributed by atoms with Crippen molar-refractivity contribution < 1.29 is 48.0 Å².